The van der Waals surface area contributed by atoms with Crippen LogP contribution in [0.15, 0.2) is 83.0 Å². The number of oxime groups is 1. The minimum Gasteiger partial charge on any atom is -0.473 e. The summed E-state index contributed by atoms with van der Waals surface area (Å²) in [5, 5.41) is 4.00. The Balaban J connectivity index is 1.28. The third-order valence-electron chi connectivity index (χ3n) is 5.56. The Labute approximate surface area is 207 Å². The van der Waals surface area contributed by atoms with Crippen molar-refractivity contribution in [2.75, 3.05) is 13.1 Å². The quantitative estimate of drug-likeness (QED) is 0.390. The van der Waals surface area contributed by atoms with Crippen LogP contribution in [-0.4, -0.2) is 36.5 Å². The smallest absolute Gasteiger partial charge is 0.416 e. The number of alkyl halides is 3. The van der Waals surface area contributed by atoms with Gasteiger partial charge in [0, 0.05) is 32.0 Å². The Morgan fingerprint density at radius 3 is 2.31 bits per heavy atom. The molecule has 1 saturated heterocycles. The van der Waals surface area contributed by atoms with E-state index in [1.165, 1.54) is 34.8 Å². The van der Waals surface area contributed by atoms with Crippen LogP contribution in [0.2, 0.25) is 0 Å². The number of hydrogen-bond donors (Lipinski definition) is 0. The van der Waals surface area contributed by atoms with Gasteiger partial charge in [0.15, 0.2) is 0 Å². The van der Waals surface area contributed by atoms with Crippen molar-refractivity contribution in [3.05, 3.63) is 89.6 Å². The number of benzene rings is 2. The highest BCUT2D eigenvalue weighted by Gasteiger charge is 2.30. The second-order valence-corrected chi connectivity index (χ2v) is 10.1. The van der Waals surface area contributed by atoms with Crippen LogP contribution >= 0.6 is 0 Å². The summed E-state index contributed by atoms with van der Waals surface area (Å²) in [5.41, 5.74) is 1.22. The van der Waals surface area contributed by atoms with Crippen LogP contribution in [0.25, 0.3) is 0 Å². The molecule has 0 N–H and O–H groups in total. The Kier molecular flexibility index (Phi) is 7.90. The number of nitrogens with zero attached hydrogens (tertiary/aromatic N) is 3. The zero-order chi connectivity index (χ0) is 25.6. The number of ether oxygens (including phenoxy) is 1. The zero-order valence-corrected chi connectivity index (χ0v) is 20.0. The van der Waals surface area contributed by atoms with Crippen molar-refractivity contribution in [1.29, 1.82) is 0 Å². The molecule has 0 radical (unpaired) electrons. The van der Waals surface area contributed by atoms with Crippen molar-refractivity contribution in [2.24, 2.45) is 5.16 Å². The summed E-state index contributed by atoms with van der Waals surface area (Å²) < 4.78 is 71.4. The Bertz CT molecular complexity index is 1290. The first-order chi connectivity index (χ1) is 17.2. The minimum absolute atomic E-state index is 0.0655. The molecule has 1 aromatic heterocycles. The predicted octanol–water partition coefficient (Wildman–Crippen LogP) is 5.04. The molecule has 0 amide bonds. The van der Waals surface area contributed by atoms with Gasteiger partial charge in [-0.05, 0) is 29.3 Å². The fraction of sp³-hybridized carbons (Fsp3) is 0.280. The molecule has 0 aliphatic carbocycles. The number of piperidine rings is 1. The van der Waals surface area contributed by atoms with E-state index in [1.807, 2.05) is 30.3 Å². The summed E-state index contributed by atoms with van der Waals surface area (Å²) in [4.78, 5) is 9.41. The van der Waals surface area contributed by atoms with Crippen LogP contribution in [0.3, 0.4) is 0 Å². The maximum absolute atomic E-state index is 13.0. The van der Waals surface area contributed by atoms with E-state index >= 15 is 0 Å². The monoisotopic (exact) mass is 519 g/mol. The Morgan fingerprint density at radius 2 is 1.64 bits per heavy atom. The van der Waals surface area contributed by atoms with Crippen molar-refractivity contribution in [2.45, 2.75) is 37.1 Å². The molecule has 0 atom stereocenters. The standard InChI is InChI=1S/C25H24F3N3O4S/c26-25(27,28)21-8-4-7-20(15-21)18-35-30-22-11-13-31(14-12-22)36(32,33)23-9-10-24(29-16-23)34-17-19-5-2-1-3-6-19/h1-10,15-16H,11-14,17-18H2. The van der Waals surface area contributed by atoms with E-state index in [2.05, 4.69) is 10.1 Å². The van der Waals surface area contributed by atoms with Crippen molar-refractivity contribution in [3.63, 3.8) is 0 Å². The summed E-state index contributed by atoms with van der Waals surface area (Å²) in [6, 6.07) is 17.4. The van der Waals surface area contributed by atoms with Gasteiger partial charge in [0.2, 0.25) is 15.9 Å². The van der Waals surface area contributed by atoms with Gasteiger partial charge in [-0.3, -0.25) is 0 Å². The largest absolute Gasteiger partial charge is 0.473 e. The van der Waals surface area contributed by atoms with Gasteiger partial charge in [0.1, 0.15) is 18.1 Å². The Morgan fingerprint density at radius 1 is 0.917 bits per heavy atom. The summed E-state index contributed by atoms with van der Waals surface area (Å²) in [7, 11) is -3.74. The highest BCUT2D eigenvalue weighted by molar-refractivity contribution is 7.89. The third-order valence-corrected chi connectivity index (χ3v) is 7.44. The number of rotatable bonds is 8. The highest BCUT2D eigenvalue weighted by atomic mass is 32.2. The number of aromatic nitrogens is 1. The predicted molar refractivity (Wildman–Crippen MR) is 127 cm³/mol. The van der Waals surface area contributed by atoms with Gasteiger partial charge in [-0.15, -0.1) is 0 Å². The first-order valence-electron chi connectivity index (χ1n) is 11.2. The third kappa shape index (κ3) is 6.61. The van der Waals surface area contributed by atoms with Gasteiger partial charge in [0.05, 0.1) is 17.5 Å². The van der Waals surface area contributed by atoms with Crippen LogP contribution in [0.5, 0.6) is 5.88 Å². The molecule has 11 heteroatoms. The van der Waals surface area contributed by atoms with Crippen molar-refractivity contribution >= 4 is 15.7 Å². The number of pyridine rings is 1. The maximum atomic E-state index is 13.0. The molecule has 0 unspecified atom stereocenters. The molecule has 3 aromatic rings. The minimum atomic E-state index is -4.43. The lowest BCUT2D eigenvalue weighted by Gasteiger charge is -2.26. The second kappa shape index (κ2) is 11.1. The van der Waals surface area contributed by atoms with Crippen LogP contribution in [-0.2, 0) is 34.3 Å². The molecule has 1 fully saturated rings. The first-order valence-corrected chi connectivity index (χ1v) is 12.6. The van der Waals surface area contributed by atoms with Gasteiger partial charge >= 0.3 is 6.18 Å². The molecule has 0 spiro atoms. The maximum Gasteiger partial charge on any atom is 0.416 e. The van der Waals surface area contributed by atoms with Crippen LogP contribution in [0, 0.1) is 0 Å². The topological polar surface area (TPSA) is 81.1 Å². The van der Waals surface area contributed by atoms with Gasteiger partial charge in [-0.25, -0.2) is 13.4 Å². The molecule has 36 heavy (non-hydrogen) atoms. The summed E-state index contributed by atoms with van der Waals surface area (Å²) in [6.07, 6.45) is -2.44. The van der Waals surface area contributed by atoms with Gasteiger partial charge < -0.3 is 9.57 Å². The number of halogens is 3. The van der Waals surface area contributed by atoms with Crippen molar-refractivity contribution < 1.29 is 31.2 Å². The zero-order valence-electron chi connectivity index (χ0n) is 19.2. The highest BCUT2D eigenvalue weighted by Crippen LogP contribution is 2.29. The van der Waals surface area contributed by atoms with E-state index in [1.54, 1.807) is 0 Å². The summed E-state index contributed by atoms with van der Waals surface area (Å²) in [6.45, 7) is 0.629. The molecule has 7 nitrogen and oxygen atoms in total. The fourth-order valence-corrected chi connectivity index (χ4v) is 4.98. The average molecular weight is 520 g/mol. The Hall–Kier alpha value is -3.44. The molecule has 2 aromatic carbocycles. The average Bonchev–Trinajstić information content (AvgIpc) is 2.88. The van der Waals surface area contributed by atoms with Crippen LogP contribution in [0.4, 0.5) is 13.2 Å². The van der Waals surface area contributed by atoms with Gasteiger partial charge in [0.25, 0.3) is 0 Å². The molecule has 190 valence electrons. The van der Waals surface area contributed by atoms with Crippen LogP contribution in [0.1, 0.15) is 29.5 Å². The lowest BCUT2D eigenvalue weighted by atomic mass is 10.1. The van der Waals surface area contributed by atoms with Crippen molar-refractivity contribution in [3.8, 4) is 5.88 Å². The van der Waals surface area contributed by atoms with Gasteiger partial charge in [-0.2, -0.15) is 17.5 Å². The molecule has 0 bridgehead atoms. The van der Waals surface area contributed by atoms with Gasteiger partial charge in [-0.1, -0.05) is 47.6 Å². The SMILES string of the molecule is O=S(=O)(c1ccc(OCc2ccccc2)nc1)N1CCC(=NOCc2cccc(C(F)(F)F)c2)CC1. The first kappa shape index (κ1) is 25.6. The molecule has 1 aliphatic heterocycles. The molecular formula is C25H24F3N3O4S. The summed E-state index contributed by atoms with van der Waals surface area (Å²) >= 11 is 0. The molecule has 2 heterocycles. The molecule has 0 saturated carbocycles. The van der Waals surface area contributed by atoms with Crippen molar-refractivity contribution in [1.82, 2.24) is 9.29 Å². The fourth-order valence-electron chi connectivity index (χ4n) is 3.60. The number of sulfonamides is 1. The van der Waals surface area contributed by atoms with E-state index in [4.69, 9.17) is 9.57 Å². The van der Waals surface area contributed by atoms with E-state index < -0.39 is 21.8 Å². The van der Waals surface area contributed by atoms with Crippen LogP contribution < -0.4 is 4.74 Å². The second-order valence-electron chi connectivity index (χ2n) is 8.14. The molecule has 4 rings (SSSR count). The lowest BCUT2D eigenvalue weighted by Crippen LogP contribution is -2.38. The molecular weight excluding hydrogens is 495 g/mol. The van der Waals surface area contributed by atoms with E-state index in [0.717, 1.165) is 17.7 Å². The lowest BCUT2D eigenvalue weighted by molar-refractivity contribution is -0.137. The summed E-state index contributed by atoms with van der Waals surface area (Å²) in [5.74, 6) is 0.323. The normalized spacial score (nSPS) is 14.9. The van der Waals surface area contributed by atoms with E-state index in [9.17, 15) is 21.6 Å². The van der Waals surface area contributed by atoms with E-state index in [0.29, 0.717) is 36.6 Å². The molecule has 1 aliphatic rings. The number of hydrogen-bond acceptors (Lipinski definition) is 6. The van der Waals surface area contributed by atoms with E-state index in [-0.39, 0.29) is 24.6 Å².